The van der Waals surface area contributed by atoms with Gasteiger partial charge in [0.2, 0.25) is 0 Å². The third-order valence-electron chi connectivity index (χ3n) is 9.41. The van der Waals surface area contributed by atoms with Crippen LogP contribution in [0.15, 0.2) is 158 Å². The van der Waals surface area contributed by atoms with Crippen LogP contribution in [0.25, 0.3) is 77.2 Å². The fourth-order valence-corrected chi connectivity index (χ4v) is 7.33. The molecular weight excluding hydrogens is 585 g/mol. The van der Waals surface area contributed by atoms with Crippen molar-refractivity contribution >= 4 is 43.6 Å². The molecular formula is C44H26N4. The molecule has 0 N–H and O–H groups in total. The minimum absolute atomic E-state index is 0.606. The molecule has 0 saturated heterocycles. The van der Waals surface area contributed by atoms with Crippen molar-refractivity contribution in [3.63, 3.8) is 0 Å². The van der Waals surface area contributed by atoms with Crippen LogP contribution in [-0.2, 0) is 0 Å². The maximum absolute atomic E-state index is 10.5. The molecule has 0 fully saturated rings. The van der Waals surface area contributed by atoms with Gasteiger partial charge in [0.1, 0.15) is 6.07 Å². The summed E-state index contributed by atoms with van der Waals surface area (Å²) in [5.41, 5.74) is 11.2. The number of nitrogens with zero attached hydrogens (tertiary/aromatic N) is 4. The summed E-state index contributed by atoms with van der Waals surface area (Å²) in [7, 11) is 0. The van der Waals surface area contributed by atoms with E-state index in [4.69, 9.17) is 0 Å². The van der Waals surface area contributed by atoms with Crippen LogP contribution in [0.3, 0.4) is 0 Å². The predicted molar refractivity (Wildman–Crippen MR) is 195 cm³/mol. The molecule has 0 spiro atoms. The molecule has 0 bridgehead atoms. The lowest BCUT2D eigenvalue weighted by Gasteiger charge is -2.16. The van der Waals surface area contributed by atoms with Crippen LogP contribution < -0.4 is 0 Å². The van der Waals surface area contributed by atoms with E-state index in [2.05, 4.69) is 137 Å². The van der Waals surface area contributed by atoms with E-state index >= 15 is 0 Å². The first-order valence-electron chi connectivity index (χ1n) is 15.9. The molecule has 0 aliphatic heterocycles. The van der Waals surface area contributed by atoms with Gasteiger partial charge in [0.05, 0.1) is 45.0 Å². The van der Waals surface area contributed by atoms with Crippen molar-refractivity contribution in [3.8, 4) is 45.8 Å². The van der Waals surface area contributed by atoms with Crippen molar-refractivity contribution in [1.82, 2.24) is 9.13 Å². The van der Waals surface area contributed by atoms with Crippen LogP contribution in [0.5, 0.6) is 0 Å². The van der Waals surface area contributed by atoms with Crippen LogP contribution in [0.4, 0.5) is 0 Å². The van der Waals surface area contributed by atoms with E-state index in [1.807, 2.05) is 42.5 Å². The zero-order valence-corrected chi connectivity index (χ0v) is 25.8. The molecule has 0 aliphatic carbocycles. The maximum atomic E-state index is 10.5. The maximum Gasteiger partial charge on any atom is 0.101 e. The summed E-state index contributed by atoms with van der Waals surface area (Å²) < 4.78 is 4.48. The van der Waals surface area contributed by atoms with Gasteiger partial charge in [-0.3, -0.25) is 0 Å². The third kappa shape index (κ3) is 4.07. The van der Waals surface area contributed by atoms with E-state index in [-0.39, 0.29) is 0 Å². The van der Waals surface area contributed by atoms with Gasteiger partial charge in [-0.1, -0.05) is 109 Å². The average Bonchev–Trinajstić information content (AvgIpc) is 3.68. The predicted octanol–water partition coefficient (Wildman–Crippen LogP) is 11.0. The number of fused-ring (bicyclic) bond motifs is 6. The summed E-state index contributed by atoms with van der Waals surface area (Å²) in [6.07, 6.45) is 0. The highest BCUT2D eigenvalue weighted by molar-refractivity contribution is 6.11. The third-order valence-corrected chi connectivity index (χ3v) is 9.41. The zero-order chi connectivity index (χ0) is 32.2. The minimum Gasteiger partial charge on any atom is -0.309 e. The van der Waals surface area contributed by atoms with Gasteiger partial charge in [0.25, 0.3) is 0 Å². The fourth-order valence-electron chi connectivity index (χ4n) is 7.33. The summed E-state index contributed by atoms with van der Waals surface area (Å²) in [6.45, 7) is 0. The zero-order valence-electron chi connectivity index (χ0n) is 25.8. The van der Waals surface area contributed by atoms with E-state index in [1.165, 1.54) is 10.8 Å². The van der Waals surface area contributed by atoms with E-state index in [1.54, 1.807) is 0 Å². The summed E-state index contributed by atoms with van der Waals surface area (Å²) in [4.78, 5) is 0. The monoisotopic (exact) mass is 610 g/mol. The number of nitriles is 2. The van der Waals surface area contributed by atoms with Crippen LogP contribution in [0.2, 0.25) is 0 Å². The Morgan fingerprint density at radius 3 is 1.67 bits per heavy atom. The number of hydrogen-bond acceptors (Lipinski definition) is 2. The molecule has 0 radical (unpaired) electrons. The van der Waals surface area contributed by atoms with E-state index in [9.17, 15) is 10.5 Å². The molecule has 48 heavy (non-hydrogen) atoms. The minimum atomic E-state index is 0.606. The van der Waals surface area contributed by atoms with Crippen molar-refractivity contribution in [1.29, 1.82) is 10.5 Å². The summed E-state index contributed by atoms with van der Waals surface area (Å²) >= 11 is 0. The SMILES string of the molecule is N#Cc1cc(-c2cccc(-n3c4ccccc4c4cccc(C#N)c43)c2)ccc1-c1ccccc1-n1c2ccccc2c2ccccc21. The Labute approximate surface area is 277 Å². The lowest BCUT2D eigenvalue weighted by atomic mass is 9.94. The molecule has 2 aromatic heterocycles. The van der Waals surface area contributed by atoms with Gasteiger partial charge < -0.3 is 9.13 Å². The number of hydrogen-bond donors (Lipinski definition) is 0. The molecule has 9 aromatic rings. The van der Waals surface area contributed by atoms with E-state index in [0.29, 0.717) is 11.1 Å². The lowest BCUT2D eigenvalue weighted by molar-refractivity contribution is 1.18. The normalized spacial score (nSPS) is 11.3. The molecule has 222 valence electrons. The Morgan fingerprint density at radius 2 is 0.958 bits per heavy atom. The van der Waals surface area contributed by atoms with Gasteiger partial charge in [-0.2, -0.15) is 10.5 Å². The second-order valence-corrected chi connectivity index (χ2v) is 12.0. The van der Waals surface area contributed by atoms with Crippen molar-refractivity contribution in [2.45, 2.75) is 0 Å². The summed E-state index contributed by atoms with van der Waals surface area (Å²) in [5, 5.41) is 25.1. The molecule has 0 atom stereocenters. The van der Waals surface area contributed by atoms with Gasteiger partial charge in [-0.25, -0.2) is 0 Å². The standard InChI is InChI=1S/C44H26N4/c45-27-31-12-10-18-39-38-17-4-5-19-40(38)47(44(31)39)33-13-9-11-29(26-33)30-23-24-34(32(25-30)28-46)35-14-1-6-20-41(35)48-42-21-7-2-15-36(42)37-16-3-8-22-43(37)48/h1-26H. The molecule has 0 aliphatic rings. The number of rotatable bonds is 4. The van der Waals surface area contributed by atoms with Crippen molar-refractivity contribution in [2.24, 2.45) is 0 Å². The first-order valence-corrected chi connectivity index (χ1v) is 15.9. The molecule has 7 aromatic carbocycles. The molecule has 0 unspecified atom stereocenters. The summed E-state index contributed by atoms with van der Waals surface area (Å²) in [5.74, 6) is 0. The second-order valence-electron chi connectivity index (χ2n) is 12.0. The number of benzene rings is 7. The second kappa shape index (κ2) is 10.9. The highest BCUT2D eigenvalue weighted by Crippen LogP contribution is 2.39. The summed E-state index contributed by atoms with van der Waals surface area (Å²) in [6, 6.07) is 58.8. The Hall–Kier alpha value is -6.88. The largest absolute Gasteiger partial charge is 0.309 e. The quantitative estimate of drug-likeness (QED) is 0.199. The van der Waals surface area contributed by atoms with E-state index < -0.39 is 0 Å². The molecule has 0 saturated carbocycles. The van der Waals surface area contributed by atoms with Crippen LogP contribution in [0.1, 0.15) is 11.1 Å². The first kappa shape index (κ1) is 27.4. The highest BCUT2D eigenvalue weighted by atomic mass is 15.0. The first-order chi connectivity index (χ1) is 23.7. The van der Waals surface area contributed by atoms with Gasteiger partial charge >= 0.3 is 0 Å². The molecule has 9 rings (SSSR count). The Bertz CT molecular complexity index is 2760. The smallest absolute Gasteiger partial charge is 0.101 e. The van der Waals surface area contributed by atoms with Gasteiger partial charge in [-0.15, -0.1) is 0 Å². The topological polar surface area (TPSA) is 57.4 Å². The van der Waals surface area contributed by atoms with Gasteiger partial charge in [0, 0.05) is 38.4 Å². The molecule has 4 nitrogen and oxygen atoms in total. The molecule has 4 heteroatoms. The van der Waals surface area contributed by atoms with Gasteiger partial charge in [-0.05, 0) is 59.7 Å². The van der Waals surface area contributed by atoms with Crippen LogP contribution >= 0.6 is 0 Å². The van der Waals surface area contributed by atoms with Crippen molar-refractivity contribution in [2.75, 3.05) is 0 Å². The Morgan fingerprint density at radius 1 is 0.396 bits per heavy atom. The lowest BCUT2D eigenvalue weighted by Crippen LogP contribution is -1.98. The molecule has 0 amide bonds. The Balaban J connectivity index is 1.20. The number of para-hydroxylation sites is 5. The highest BCUT2D eigenvalue weighted by Gasteiger charge is 2.18. The van der Waals surface area contributed by atoms with Crippen molar-refractivity contribution < 1.29 is 0 Å². The van der Waals surface area contributed by atoms with Crippen LogP contribution in [0, 0.1) is 22.7 Å². The van der Waals surface area contributed by atoms with E-state index in [0.717, 1.165) is 66.5 Å². The van der Waals surface area contributed by atoms with Gasteiger partial charge in [0.15, 0.2) is 0 Å². The molecule has 2 heterocycles. The number of aromatic nitrogens is 2. The Kier molecular flexibility index (Phi) is 6.22. The van der Waals surface area contributed by atoms with Crippen molar-refractivity contribution in [3.05, 3.63) is 169 Å². The van der Waals surface area contributed by atoms with Crippen LogP contribution in [-0.4, -0.2) is 9.13 Å². The average molecular weight is 611 g/mol. The fraction of sp³-hybridized carbons (Fsp3) is 0.